The van der Waals surface area contributed by atoms with Crippen LogP contribution in [0.1, 0.15) is 20.8 Å². The van der Waals surface area contributed by atoms with Gasteiger partial charge in [0.15, 0.2) is 11.5 Å². The smallest absolute Gasteiger partial charge is 0.263 e. The molecule has 8 heteroatoms. The lowest BCUT2D eigenvalue weighted by molar-refractivity contribution is 0.174. The minimum atomic E-state index is -3.75. The summed E-state index contributed by atoms with van der Waals surface area (Å²) in [7, 11) is -3.75. The molecule has 24 heavy (non-hydrogen) atoms. The molecule has 1 aliphatic rings. The number of aromatic nitrogens is 1. The Morgan fingerprint density at radius 1 is 1.08 bits per heavy atom. The van der Waals surface area contributed by atoms with Crippen molar-refractivity contribution in [3.8, 4) is 11.5 Å². The first kappa shape index (κ1) is 16.4. The molecule has 1 aliphatic heterocycles. The van der Waals surface area contributed by atoms with Crippen molar-refractivity contribution in [1.29, 1.82) is 0 Å². The molecule has 1 aromatic carbocycles. The molecular formula is C16H19N3O4S. The van der Waals surface area contributed by atoms with Gasteiger partial charge in [0.2, 0.25) is 6.79 Å². The van der Waals surface area contributed by atoms with E-state index in [1.807, 2.05) is 20.8 Å². The number of nitrogens with one attached hydrogen (secondary N) is 2. The number of fused-ring (bicyclic) bond motifs is 1. The van der Waals surface area contributed by atoms with Gasteiger partial charge >= 0.3 is 0 Å². The lowest BCUT2D eigenvalue weighted by Crippen LogP contribution is -2.26. The summed E-state index contributed by atoms with van der Waals surface area (Å²) >= 11 is 0. The van der Waals surface area contributed by atoms with Crippen LogP contribution < -0.4 is 19.5 Å². The zero-order chi connectivity index (χ0) is 17.4. The Morgan fingerprint density at radius 3 is 2.50 bits per heavy atom. The second kappa shape index (κ2) is 5.86. The van der Waals surface area contributed by atoms with E-state index in [0.29, 0.717) is 11.5 Å². The van der Waals surface area contributed by atoms with Crippen LogP contribution in [-0.2, 0) is 10.0 Å². The summed E-state index contributed by atoms with van der Waals surface area (Å²) < 4.78 is 37.7. The Hall–Kier alpha value is -2.48. The maximum Gasteiger partial charge on any atom is 0.263 e. The molecule has 0 amide bonds. The molecular weight excluding hydrogens is 330 g/mol. The first-order chi connectivity index (χ1) is 11.2. The van der Waals surface area contributed by atoms with E-state index < -0.39 is 10.0 Å². The van der Waals surface area contributed by atoms with Crippen molar-refractivity contribution in [3.05, 3.63) is 36.5 Å². The lowest BCUT2D eigenvalue weighted by atomic mass is 10.1. The summed E-state index contributed by atoms with van der Waals surface area (Å²) in [6.07, 6.45) is 1.59. The van der Waals surface area contributed by atoms with Crippen molar-refractivity contribution in [3.63, 3.8) is 0 Å². The molecule has 0 atom stereocenters. The van der Waals surface area contributed by atoms with Gasteiger partial charge in [-0.05, 0) is 45.0 Å². The van der Waals surface area contributed by atoms with E-state index in [1.165, 1.54) is 12.1 Å². The van der Waals surface area contributed by atoms with E-state index >= 15 is 0 Å². The average Bonchev–Trinajstić information content (AvgIpc) is 2.95. The molecule has 128 valence electrons. The molecule has 0 radical (unpaired) electrons. The predicted octanol–water partition coefficient (Wildman–Crippen LogP) is 2.82. The number of rotatable bonds is 4. The summed E-state index contributed by atoms with van der Waals surface area (Å²) in [4.78, 5) is 4.23. The summed E-state index contributed by atoms with van der Waals surface area (Å²) in [5.74, 6) is 1.19. The van der Waals surface area contributed by atoms with Crippen LogP contribution in [0, 0.1) is 0 Å². The van der Waals surface area contributed by atoms with Crippen LogP contribution in [-0.4, -0.2) is 25.7 Å². The highest BCUT2D eigenvalue weighted by atomic mass is 32.2. The maximum absolute atomic E-state index is 12.5. The van der Waals surface area contributed by atoms with Crippen LogP contribution >= 0.6 is 0 Å². The number of nitrogens with zero attached hydrogens (tertiary/aromatic N) is 1. The van der Waals surface area contributed by atoms with Gasteiger partial charge < -0.3 is 14.8 Å². The Kier molecular flexibility index (Phi) is 4.00. The molecule has 0 saturated heterocycles. The van der Waals surface area contributed by atoms with E-state index in [1.54, 1.807) is 24.4 Å². The predicted molar refractivity (Wildman–Crippen MR) is 91.0 cm³/mol. The third-order valence-electron chi connectivity index (χ3n) is 3.18. The van der Waals surface area contributed by atoms with Crippen LogP contribution in [0.4, 0.5) is 11.5 Å². The Balaban J connectivity index is 1.77. The van der Waals surface area contributed by atoms with Crippen LogP contribution in [0.15, 0.2) is 41.4 Å². The zero-order valence-corrected chi connectivity index (χ0v) is 14.5. The van der Waals surface area contributed by atoms with Crippen molar-refractivity contribution in [2.45, 2.75) is 31.2 Å². The second-order valence-corrected chi connectivity index (χ2v) is 8.11. The number of benzene rings is 1. The molecule has 7 nitrogen and oxygen atoms in total. The summed E-state index contributed by atoms with van der Waals surface area (Å²) in [6, 6.07) is 7.85. The molecule has 0 fully saturated rings. The van der Waals surface area contributed by atoms with Crippen LogP contribution in [0.5, 0.6) is 11.5 Å². The van der Waals surface area contributed by atoms with Gasteiger partial charge in [-0.1, -0.05) is 0 Å². The van der Waals surface area contributed by atoms with E-state index in [0.717, 1.165) is 5.69 Å². The van der Waals surface area contributed by atoms with Crippen LogP contribution in [0.25, 0.3) is 0 Å². The van der Waals surface area contributed by atoms with Gasteiger partial charge in [-0.15, -0.1) is 0 Å². The molecule has 0 bridgehead atoms. The third-order valence-corrected chi connectivity index (χ3v) is 4.53. The Morgan fingerprint density at radius 2 is 1.83 bits per heavy atom. The van der Waals surface area contributed by atoms with E-state index in [4.69, 9.17) is 9.47 Å². The fourth-order valence-corrected chi connectivity index (χ4v) is 3.23. The molecule has 0 unspecified atom stereocenters. The van der Waals surface area contributed by atoms with Gasteiger partial charge in [-0.3, -0.25) is 4.72 Å². The Labute approximate surface area is 141 Å². The van der Waals surface area contributed by atoms with E-state index in [-0.39, 0.29) is 23.0 Å². The normalized spacial score (nSPS) is 13.6. The highest BCUT2D eigenvalue weighted by molar-refractivity contribution is 7.92. The minimum Gasteiger partial charge on any atom is -0.454 e. The molecule has 0 saturated carbocycles. The molecule has 0 spiro atoms. The highest BCUT2D eigenvalue weighted by Crippen LogP contribution is 2.34. The van der Waals surface area contributed by atoms with Crippen molar-refractivity contribution in [1.82, 2.24) is 4.98 Å². The van der Waals surface area contributed by atoms with Crippen molar-refractivity contribution in [2.75, 3.05) is 16.8 Å². The number of hydrogen-bond donors (Lipinski definition) is 2. The van der Waals surface area contributed by atoms with E-state index in [9.17, 15) is 8.42 Å². The second-order valence-electron chi connectivity index (χ2n) is 6.43. The summed E-state index contributed by atoms with van der Waals surface area (Å²) in [5, 5.41) is 3.26. The fourth-order valence-electron chi connectivity index (χ4n) is 2.20. The summed E-state index contributed by atoms with van der Waals surface area (Å²) in [5.41, 5.74) is 0.711. The topological polar surface area (TPSA) is 89.5 Å². The van der Waals surface area contributed by atoms with Gasteiger partial charge in [0.1, 0.15) is 5.82 Å². The van der Waals surface area contributed by atoms with Gasteiger partial charge in [0.25, 0.3) is 10.0 Å². The third kappa shape index (κ3) is 3.70. The van der Waals surface area contributed by atoms with Gasteiger partial charge in [0, 0.05) is 11.6 Å². The lowest BCUT2D eigenvalue weighted by Gasteiger charge is -2.21. The quantitative estimate of drug-likeness (QED) is 0.882. The molecule has 2 N–H and O–H groups in total. The van der Waals surface area contributed by atoms with Crippen molar-refractivity contribution < 1.29 is 17.9 Å². The number of hydrogen-bond acceptors (Lipinski definition) is 6. The SMILES string of the molecule is CC(C)(C)Nc1ccc(NS(=O)(=O)c2ccc3c(c2)OCO3)nc1. The van der Waals surface area contributed by atoms with E-state index in [2.05, 4.69) is 15.0 Å². The van der Waals surface area contributed by atoms with Crippen LogP contribution in [0.3, 0.4) is 0 Å². The van der Waals surface area contributed by atoms with Crippen molar-refractivity contribution in [2.24, 2.45) is 0 Å². The first-order valence-electron chi connectivity index (χ1n) is 7.40. The first-order valence-corrected chi connectivity index (χ1v) is 8.88. The molecule has 3 rings (SSSR count). The molecule has 2 aromatic rings. The van der Waals surface area contributed by atoms with Crippen molar-refractivity contribution >= 4 is 21.5 Å². The highest BCUT2D eigenvalue weighted by Gasteiger charge is 2.20. The number of pyridine rings is 1. The molecule has 1 aromatic heterocycles. The molecule has 0 aliphatic carbocycles. The van der Waals surface area contributed by atoms with Gasteiger partial charge in [0.05, 0.1) is 16.8 Å². The number of anilines is 2. The Bertz CT molecular complexity index is 843. The average molecular weight is 349 g/mol. The van der Waals surface area contributed by atoms with Crippen LogP contribution in [0.2, 0.25) is 0 Å². The largest absolute Gasteiger partial charge is 0.454 e. The summed E-state index contributed by atoms with van der Waals surface area (Å²) in [6.45, 7) is 6.19. The maximum atomic E-state index is 12.5. The zero-order valence-electron chi connectivity index (χ0n) is 13.7. The standard InChI is InChI=1S/C16H19N3O4S/c1-16(2,3)18-11-4-7-15(17-9-11)19-24(20,21)12-5-6-13-14(8-12)23-10-22-13/h4-9,18H,10H2,1-3H3,(H,17,19). The number of sulfonamides is 1. The fraction of sp³-hybridized carbons (Fsp3) is 0.312. The van der Waals surface area contributed by atoms with Gasteiger partial charge in [-0.2, -0.15) is 0 Å². The molecule has 2 heterocycles. The minimum absolute atomic E-state index is 0.0884. The number of ether oxygens (including phenoxy) is 2. The monoisotopic (exact) mass is 349 g/mol. The van der Waals surface area contributed by atoms with Gasteiger partial charge in [-0.25, -0.2) is 13.4 Å².